The predicted octanol–water partition coefficient (Wildman–Crippen LogP) is 7.68. The van der Waals surface area contributed by atoms with E-state index in [1.807, 2.05) is 76.2 Å². The van der Waals surface area contributed by atoms with Gasteiger partial charge in [-0.2, -0.15) is 0 Å². The van der Waals surface area contributed by atoms with Gasteiger partial charge in [0.2, 0.25) is 0 Å². The molecule has 0 N–H and O–H groups in total. The highest BCUT2D eigenvalue weighted by molar-refractivity contribution is 5.70. The van der Waals surface area contributed by atoms with Crippen LogP contribution in [-0.4, -0.2) is 6.16 Å². The average molecular weight is 451 g/mol. The fourth-order valence-corrected chi connectivity index (χ4v) is 4.07. The number of hydrogen-bond acceptors (Lipinski definition) is 3. The van der Waals surface area contributed by atoms with Crippen molar-refractivity contribution >= 4 is 6.16 Å². The van der Waals surface area contributed by atoms with E-state index in [-0.39, 0.29) is 0 Å². The highest BCUT2D eigenvalue weighted by atomic mass is 16.7. The van der Waals surface area contributed by atoms with E-state index in [2.05, 4.69) is 36.4 Å². The van der Waals surface area contributed by atoms with E-state index in [0.29, 0.717) is 24.3 Å². The predicted molar refractivity (Wildman–Crippen MR) is 137 cm³/mol. The summed E-state index contributed by atoms with van der Waals surface area (Å²) in [5, 5.41) is 0. The molecular formula is C31H30O3. The monoisotopic (exact) mass is 450 g/mol. The Labute approximate surface area is 202 Å². The van der Waals surface area contributed by atoms with Crippen molar-refractivity contribution in [3.05, 3.63) is 129 Å². The molecule has 0 saturated carbocycles. The number of benzene rings is 4. The van der Waals surface area contributed by atoms with Gasteiger partial charge in [-0.05, 0) is 72.2 Å². The van der Waals surface area contributed by atoms with Crippen molar-refractivity contribution < 1.29 is 14.3 Å². The van der Waals surface area contributed by atoms with Gasteiger partial charge in [0.15, 0.2) is 0 Å². The van der Waals surface area contributed by atoms with Gasteiger partial charge in [0.25, 0.3) is 0 Å². The minimum absolute atomic E-state index is 0.573. The molecule has 4 rings (SSSR count). The van der Waals surface area contributed by atoms with Crippen LogP contribution in [0.4, 0.5) is 4.79 Å². The third kappa shape index (κ3) is 5.37. The van der Waals surface area contributed by atoms with E-state index in [1.165, 1.54) is 0 Å². The lowest BCUT2D eigenvalue weighted by atomic mass is 9.99. The number of carbonyl (C=O) groups is 1. The zero-order chi connectivity index (χ0) is 24.1. The summed E-state index contributed by atoms with van der Waals surface area (Å²) in [6.07, 6.45) is 0.631. The summed E-state index contributed by atoms with van der Waals surface area (Å²) < 4.78 is 11.7. The van der Waals surface area contributed by atoms with Gasteiger partial charge < -0.3 is 9.47 Å². The second-order valence-corrected chi connectivity index (χ2v) is 8.77. The largest absolute Gasteiger partial charge is 0.519 e. The van der Waals surface area contributed by atoms with Gasteiger partial charge in [0, 0.05) is 12.8 Å². The topological polar surface area (TPSA) is 35.5 Å². The standard InChI is InChI=1S/C31H30O3/c1-21-15-17-27(19-25-11-7-5-8-12-25)29(23(21)3)33-31(32)34-30-24(4)22(2)16-18-28(30)20-26-13-9-6-10-14-26/h5-18H,19-20H2,1-4H3. The zero-order valence-electron chi connectivity index (χ0n) is 20.2. The summed E-state index contributed by atoms with van der Waals surface area (Å²) in [4.78, 5) is 13.1. The Kier molecular flexibility index (Phi) is 7.12. The molecule has 0 radical (unpaired) electrons. The third-order valence-electron chi connectivity index (χ3n) is 6.36. The molecule has 4 aromatic carbocycles. The van der Waals surface area contributed by atoms with Crippen molar-refractivity contribution in [2.75, 3.05) is 0 Å². The molecule has 3 heteroatoms. The van der Waals surface area contributed by atoms with Crippen LogP contribution in [-0.2, 0) is 12.8 Å². The number of aryl methyl sites for hydroxylation is 2. The molecule has 0 spiro atoms. The molecule has 0 aliphatic rings. The van der Waals surface area contributed by atoms with Crippen LogP contribution < -0.4 is 9.47 Å². The maximum absolute atomic E-state index is 13.1. The fourth-order valence-electron chi connectivity index (χ4n) is 4.07. The van der Waals surface area contributed by atoms with Crippen LogP contribution in [0.15, 0.2) is 84.9 Å². The van der Waals surface area contributed by atoms with Crippen molar-refractivity contribution in [1.29, 1.82) is 0 Å². The van der Waals surface area contributed by atoms with E-state index >= 15 is 0 Å². The van der Waals surface area contributed by atoms with E-state index in [0.717, 1.165) is 44.5 Å². The normalized spacial score (nSPS) is 10.7. The molecule has 0 aliphatic carbocycles. The van der Waals surface area contributed by atoms with Gasteiger partial charge in [0.1, 0.15) is 11.5 Å². The van der Waals surface area contributed by atoms with E-state index in [4.69, 9.17) is 9.47 Å². The summed E-state index contributed by atoms with van der Waals surface area (Å²) in [6, 6.07) is 28.5. The van der Waals surface area contributed by atoms with Crippen LogP contribution in [0.25, 0.3) is 0 Å². The number of ether oxygens (including phenoxy) is 2. The lowest BCUT2D eigenvalue weighted by Gasteiger charge is -2.17. The van der Waals surface area contributed by atoms with Crippen molar-refractivity contribution in [3.8, 4) is 11.5 Å². The van der Waals surface area contributed by atoms with Crippen LogP contribution in [0.2, 0.25) is 0 Å². The molecule has 0 atom stereocenters. The smallest absolute Gasteiger partial charge is 0.394 e. The first-order chi connectivity index (χ1) is 16.4. The molecule has 0 unspecified atom stereocenters. The first-order valence-corrected chi connectivity index (χ1v) is 11.6. The van der Waals surface area contributed by atoms with E-state index in [9.17, 15) is 4.79 Å². The second kappa shape index (κ2) is 10.4. The Morgan fingerprint density at radius 3 is 1.32 bits per heavy atom. The lowest BCUT2D eigenvalue weighted by Crippen LogP contribution is -2.17. The Hall–Kier alpha value is -3.85. The van der Waals surface area contributed by atoms with Crippen molar-refractivity contribution in [1.82, 2.24) is 0 Å². The van der Waals surface area contributed by atoms with Crippen LogP contribution in [0.5, 0.6) is 11.5 Å². The summed E-state index contributed by atoms with van der Waals surface area (Å²) >= 11 is 0. The summed E-state index contributed by atoms with van der Waals surface area (Å²) in [7, 11) is 0. The molecule has 0 amide bonds. The van der Waals surface area contributed by atoms with Gasteiger partial charge in [-0.3, -0.25) is 0 Å². The maximum atomic E-state index is 13.1. The first kappa shape index (κ1) is 23.3. The molecular weight excluding hydrogens is 420 g/mol. The molecule has 0 saturated heterocycles. The summed E-state index contributed by atoms with van der Waals surface area (Å²) in [5.74, 6) is 1.15. The molecule has 34 heavy (non-hydrogen) atoms. The SMILES string of the molecule is Cc1ccc(Cc2ccccc2)c(OC(=O)Oc2c(Cc3ccccc3)ccc(C)c2C)c1C. The Morgan fingerprint density at radius 2 is 0.941 bits per heavy atom. The van der Waals surface area contributed by atoms with Crippen LogP contribution >= 0.6 is 0 Å². The highest BCUT2D eigenvalue weighted by Crippen LogP contribution is 2.32. The van der Waals surface area contributed by atoms with Gasteiger partial charge in [-0.15, -0.1) is 0 Å². The van der Waals surface area contributed by atoms with Gasteiger partial charge in [0.05, 0.1) is 0 Å². The second-order valence-electron chi connectivity index (χ2n) is 8.77. The number of carbonyl (C=O) groups excluding carboxylic acids is 1. The van der Waals surface area contributed by atoms with E-state index in [1.54, 1.807) is 0 Å². The molecule has 0 aliphatic heterocycles. The van der Waals surface area contributed by atoms with Crippen molar-refractivity contribution in [2.24, 2.45) is 0 Å². The average Bonchev–Trinajstić information content (AvgIpc) is 2.85. The van der Waals surface area contributed by atoms with Gasteiger partial charge in [-0.1, -0.05) is 84.9 Å². The van der Waals surface area contributed by atoms with Crippen LogP contribution in [0.1, 0.15) is 44.5 Å². The maximum Gasteiger partial charge on any atom is 0.519 e. The summed E-state index contributed by atoms with van der Waals surface area (Å²) in [6.45, 7) is 7.99. The number of hydrogen-bond donors (Lipinski definition) is 0. The third-order valence-corrected chi connectivity index (χ3v) is 6.36. The minimum Gasteiger partial charge on any atom is -0.394 e. The quantitative estimate of drug-likeness (QED) is 0.223. The first-order valence-electron chi connectivity index (χ1n) is 11.6. The summed E-state index contributed by atoms with van der Waals surface area (Å²) in [5.41, 5.74) is 8.24. The lowest BCUT2D eigenvalue weighted by molar-refractivity contribution is 0.150. The molecule has 0 bridgehead atoms. The van der Waals surface area contributed by atoms with E-state index < -0.39 is 6.16 Å². The number of rotatable bonds is 6. The zero-order valence-corrected chi connectivity index (χ0v) is 20.2. The minimum atomic E-state index is -0.717. The highest BCUT2D eigenvalue weighted by Gasteiger charge is 2.19. The molecule has 4 aromatic rings. The molecule has 0 fully saturated rings. The molecule has 0 heterocycles. The Balaban J connectivity index is 1.61. The Morgan fingerprint density at radius 1 is 0.559 bits per heavy atom. The van der Waals surface area contributed by atoms with Crippen LogP contribution in [0.3, 0.4) is 0 Å². The Bertz CT molecular complexity index is 1190. The molecule has 0 aromatic heterocycles. The molecule has 172 valence electrons. The molecule has 3 nitrogen and oxygen atoms in total. The van der Waals surface area contributed by atoms with Gasteiger partial charge >= 0.3 is 6.16 Å². The van der Waals surface area contributed by atoms with Crippen molar-refractivity contribution in [3.63, 3.8) is 0 Å². The van der Waals surface area contributed by atoms with Crippen LogP contribution in [0, 0.1) is 27.7 Å². The van der Waals surface area contributed by atoms with Gasteiger partial charge in [-0.25, -0.2) is 4.79 Å². The fraction of sp³-hybridized carbons (Fsp3) is 0.194. The van der Waals surface area contributed by atoms with Crippen molar-refractivity contribution in [2.45, 2.75) is 40.5 Å².